The third kappa shape index (κ3) is 5.98. The van der Waals surface area contributed by atoms with Crippen LogP contribution < -0.4 is 18.9 Å². The quantitative estimate of drug-likeness (QED) is 0.527. The van der Waals surface area contributed by atoms with E-state index in [9.17, 15) is 13.6 Å². The first kappa shape index (κ1) is 23.3. The van der Waals surface area contributed by atoms with Gasteiger partial charge in [0.1, 0.15) is 11.5 Å². The van der Waals surface area contributed by atoms with Gasteiger partial charge in [-0.1, -0.05) is 19.1 Å². The van der Waals surface area contributed by atoms with Crippen molar-refractivity contribution in [2.24, 2.45) is 0 Å². The number of hydrogen-bond donors (Lipinski definition) is 0. The summed E-state index contributed by atoms with van der Waals surface area (Å²) in [5.41, 5.74) is 1.19. The maximum Gasteiger partial charge on any atom is 0.387 e. The molecule has 8 heteroatoms. The molecular weight excluding hydrogens is 396 g/mol. The van der Waals surface area contributed by atoms with E-state index in [1.54, 1.807) is 62.3 Å². The average Bonchev–Trinajstić information content (AvgIpc) is 2.74. The van der Waals surface area contributed by atoms with Gasteiger partial charge in [-0.05, 0) is 25.1 Å². The van der Waals surface area contributed by atoms with Crippen molar-refractivity contribution in [1.82, 2.24) is 4.90 Å². The molecule has 0 aromatic heterocycles. The number of hydrogen-bond acceptors (Lipinski definition) is 5. The summed E-state index contributed by atoms with van der Waals surface area (Å²) in [5.74, 6) is 1.19. The number of ether oxygens (including phenoxy) is 4. The van der Waals surface area contributed by atoms with Crippen LogP contribution in [0.5, 0.6) is 23.0 Å². The summed E-state index contributed by atoms with van der Waals surface area (Å²) in [6.07, 6.45) is 0.259. The van der Waals surface area contributed by atoms with Crippen molar-refractivity contribution in [3.05, 3.63) is 47.5 Å². The van der Waals surface area contributed by atoms with Crippen molar-refractivity contribution in [2.75, 3.05) is 20.8 Å². The van der Waals surface area contributed by atoms with Crippen LogP contribution in [0.1, 0.15) is 31.4 Å². The number of rotatable bonds is 11. The molecule has 2 aromatic carbocycles. The fourth-order valence-electron chi connectivity index (χ4n) is 3.03. The minimum absolute atomic E-state index is 0.0649. The van der Waals surface area contributed by atoms with E-state index in [1.165, 1.54) is 7.11 Å². The Hall–Kier alpha value is -3.03. The maximum atomic E-state index is 13.0. The first-order valence-electron chi connectivity index (χ1n) is 9.61. The number of halogens is 2. The number of methoxy groups -OCH3 is 2. The summed E-state index contributed by atoms with van der Waals surface area (Å²) in [4.78, 5) is 14.2. The highest BCUT2D eigenvalue weighted by atomic mass is 19.3. The fourth-order valence-corrected chi connectivity index (χ4v) is 3.03. The molecule has 2 aromatic rings. The minimum atomic E-state index is -3.01. The maximum absolute atomic E-state index is 13.0. The molecule has 0 N–H and O–H groups in total. The highest BCUT2D eigenvalue weighted by Crippen LogP contribution is 2.34. The zero-order valence-electron chi connectivity index (χ0n) is 17.6. The number of amides is 1. The van der Waals surface area contributed by atoms with Gasteiger partial charge < -0.3 is 23.8 Å². The lowest BCUT2D eigenvalue weighted by molar-refractivity contribution is -0.132. The molecule has 30 heavy (non-hydrogen) atoms. The van der Waals surface area contributed by atoms with E-state index in [1.807, 2.05) is 0 Å². The van der Waals surface area contributed by atoms with E-state index < -0.39 is 6.61 Å². The van der Waals surface area contributed by atoms with Crippen molar-refractivity contribution in [1.29, 1.82) is 0 Å². The summed E-state index contributed by atoms with van der Waals surface area (Å²) in [6.45, 7) is 1.08. The largest absolute Gasteiger partial charge is 0.497 e. The summed E-state index contributed by atoms with van der Waals surface area (Å²) >= 11 is 0. The second-order valence-electron chi connectivity index (χ2n) is 6.34. The molecule has 0 saturated heterocycles. The Kier molecular flexibility index (Phi) is 8.70. The van der Waals surface area contributed by atoms with Crippen molar-refractivity contribution in [2.45, 2.75) is 40.0 Å². The van der Waals surface area contributed by atoms with Crippen LogP contribution >= 0.6 is 0 Å². The van der Waals surface area contributed by atoms with Gasteiger partial charge in [-0.3, -0.25) is 4.79 Å². The summed E-state index contributed by atoms with van der Waals surface area (Å²) in [7, 11) is 3.08. The smallest absolute Gasteiger partial charge is 0.387 e. The number of para-hydroxylation sites is 1. The summed E-state index contributed by atoms with van der Waals surface area (Å²) in [5, 5.41) is 0. The highest BCUT2D eigenvalue weighted by molar-refractivity contribution is 5.76. The number of carbonyl (C=O) groups excluding carboxylic acids is 1. The topological polar surface area (TPSA) is 57.2 Å². The summed E-state index contributed by atoms with van der Waals surface area (Å²) < 4.78 is 46.8. The Bertz CT molecular complexity index is 844. The standard InChI is InChI=1S/C22H27F2NO5/c1-5-20(26)25(13-15-10-11-17(27-3)12-19(15)28-4)14-16-8-7-9-18(29-6-2)21(16)30-22(23)24/h7-12,22H,5-6,13-14H2,1-4H3. The average molecular weight is 423 g/mol. The number of alkyl halides is 2. The molecule has 0 spiro atoms. The Labute approximate surface area is 175 Å². The van der Waals surface area contributed by atoms with E-state index in [2.05, 4.69) is 0 Å². The van der Waals surface area contributed by atoms with Crippen LogP contribution in [0.25, 0.3) is 0 Å². The zero-order chi connectivity index (χ0) is 22.1. The Morgan fingerprint density at radius 3 is 2.33 bits per heavy atom. The molecule has 0 aliphatic rings. The number of carbonyl (C=O) groups is 1. The molecule has 0 fully saturated rings. The Morgan fingerprint density at radius 2 is 1.73 bits per heavy atom. The van der Waals surface area contributed by atoms with Crippen LogP contribution in [-0.2, 0) is 17.9 Å². The highest BCUT2D eigenvalue weighted by Gasteiger charge is 2.21. The second kappa shape index (κ2) is 11.2. The lowest BCUT2D eigenvalue weighted by atomic mass is 10.1. The predicted molar refractivity (Wildman–Crippen MR) is 108 cm³/mol. The molecule has 0 unspecified atom stereocenters. The number of nitrogens with zero attached hydrogens (tertiary/aromatic N) is 1. The molecule has 1 amide bonds. The normalized spacial score (nSPS) is 10.6. The van der Waals surface area contributed by atoms with Crippen LogP contribution in [0.2, 0.25) is 0 Å². The zero-order valence-corrected chi connectivity index (χ0v) is 17.6. The van der Waals surface area contributed by atoms with E-state index in [0.717, 1.165) is 5.56 Å². The van der Waals surface area contributed by atoms with Gasteiger partial charge in [-0.15, -0.1) is 0 Å². The molecule has 0 saturated carbocycles. The van der Waals surface area contributed by atoms with Gasteiger partial charge in [0.05, 0.1) is 20.8 Å². The molecule has 164 valence electrons. The first-order chi connectivity index (χ1) is 14.4. The van der Waals surface area contributed by atoms with Gasteiger partial charge in [0, 0.05) is 36.7 Å². The van der Waals surface area contributed by atoms with E-state index >= 15 is 0 Å². The Balaban J connectivity index is 2.38. The van der Waals surface area contributed by atoms with Crippen LogP contribution in [0.4, 0.5) is 8.78 Å². The second-order valence-corrected chi connectivity index (χ2v) is 6.34. The van der Waals surface area contributed by atoms with Crippen molar-refractivity contribution < 1.29 is 32.5 Å². The van der Waals surface area contributed by atoms with Gasteiger partial charge in [0.15, 0.2) is 11.5 Å². The molecule has 0 aliphatic carbocycles. The first-order valence-corrected chi connectivity index (χ1v) is 9.61. The van der Waals surface area contributed by atoms with Crippen molar-refractivity contribution in [3.63, 3.8) is 0 Å². The molecule has 0 aliphatic heterocycles. The van der Waals surface area contributed by atoms with Crippen molar-refractivity contribution in [3.8, 4) is 23.0 Å². The van der Waals surface area contributed by atoms with E-state index in [4.69, 9.17) is 18.9 Å². The summed E-state index contributed by atoms with van der Waals surface area (Å²) in [6, 6.07) is 10.2. The van der Waals surface area contributed by atoms with E-state index in [-0.39, 0.29) is 36.9 Å². The van der Waals surface area contributed by atoms with Crippen LogP contribution in [0.15, 0.2) is 36.4 Å². The minimum Gasteiger partial charge on any atom is -0.497 e. The molecular formula is C22H27F2NO5. The van der Waals surface area contributed by atoms with Gasteiger partial charge in [0.25, 0.3) is 0 Å². The molecule has 0 radical (unpaired) electrons. The van der Waals surface area contributed by atoms with Crippen LogP contribution in [0.3, 0.4) is 0 Å². The van der Waals surface area contributed by atoms with Crippen molar-refractivity contribution >= 4 is 5.91 Å². The Morgan fingerprint density at radius 1 is 1.00 bits per heavy atom. The predicted octanol–water partition coefficient (Wildman–Crippen LogP) is 4.64. The van der Waals surface area contributed by atoms with Gasteiger partial charge in [-0.25, -0.2) is 0 Å². The van der Waals surface area contributed by atoms with Crippen LogP contribution in [-0.4, -0.2) is 38.2 Å². The molecule has 6 nitrogen and oxygen atoms in total. The molecule has 0 atom stereocenters. The molecule has 2 rings (SSSR count). The molecule has 0 bridgehead atoms. The lowest BCUT2D eigenvalue weighted by Gasteiger charge is -2.25. The van der Waals surface area contributed by atoms with Crippen LogP contribution in [0, 0.1) is 0 Å². The monoisotopic (exact) mass is 423 g/mol. The lowest BCUT2D eigenvalue weighted by Crippen LogP contribution is -2.30. The van der Waals surface area contributed by atoms with Gasteiger partial charge in [-0.2, -0.15) is 8.78 Å². The third-order valence-electron chi connectivity index (χ3n) is 4.44. The van der Waals surface area contributed by atoms with Gasteiger partial charge >= 0.3 is 6.61 Å². The third-order valence-corrected chi connectivity index (χ3v) is 4.44. The fraction of sp³-hybridized carbons (Fsp3) is 0.409. The van der Waals surface area contributed by atoms with Gasteiger partial charge in [0.2, 0.25) is 5.91 Å². The SMILES string of the molecule is CCOc1cccc(CN(Cc2ccc(OC)cc2OC)C(=O)CC)c1OC(F)F. The van der Waals surface area contributed by atoms with E-state index in [0.29, 0.717) is 23.7 Å². The number of benzene rings is 2. The molecule has 0 heterocycles.